The molecule has 0 fully saturated rings. The predicted octanol–water partition coefficient (Wildman–Crippen LogP) is 1.56. The van der Waals surface area contributed by atoms with Crippen molar-refractivity contribution >= 4 is 38.1 Å². The Morgan fingerprint density at radius 3 is 2.78 bits per heavy atom. The summed E-state index contributed by atoms with van der Waals surface area (Å²) in [6.45, 7) is 3.43. The quantitative estimate of drug-likeness (QED) is 0.868. The number of aryl methyl sites for hydroxylation is 1. The summed E-state index contributed by atoms with van der Waals surface area (Å²) in [6, 6.07) is 1.52. The Labute approximate surface area is 113 Å². The summed E-state index contributed by atoms with van der Waals surface area (Å²) in [5, 5.41) is 0. The average molecular weight is 338 g/mol. The fraction of sp³-hybridized carbons (Fsp3) is 0.333. The molecule has 1 aromatic heterocycles. The van der Waals surface area contributed by atoms with E-state index >= 15 is 0 Å². The predicted molar refractivity (Wildman–Crippen MR) is 69.4 cm³/mol. The van der Waals surface area contributed by atoms with Crippen LogP contribution in [0.2, 0.25) is 0 Å². The highest BCUT2D eigenvalue weighted by molar-refractivity contribution is 9.10. The number of halogens is 1. The number of nitrogens with zero attached hydrogens (tertiary/aromatic N) is 1. The van der Waals surface area contributed by atoms with Gasteiger partial charge < -0.3 is 4.74 Å². The van der Waals surface area contributed by atoms with Crippen LogP contribution in [0.5, 0.6) is 0 Å². The lowest BCUT2D eigenvalue weighted by atomic mass is 10.3. The van der Waals surface area contributed by atoms with Crippen LogP contribution in [0.3, 0.4) is 0 Å². The maximum atomic E-state index is 11.5. The Kier molecular flexibility index (Phi) is 4.91. The minimum atomic E-state index is -4.04. The van der Waals surface area contributed by atoms with Gasteiger partial charge in [-0.25, -0.2) is 14.5 Å². The Hall–Kier alpha value is -1.35. The van der Waals surface area contributed by atoms with E-state index in [9.17, 15) is 13.2 Å². The second-order valence-corrected chi connectivity index (χ2v) is 5.52. The maximum Gasteiger partial charge on any atom is 0.422 e. The highest BCUT2D eigenvalue weighted by Crippen LogP contribution is 2.17. The molecule has 0 saturated carbocycles. The molecule has 9 heteroatoms. The van der Waals surface area contributed by atoms with E-state index < -0.39 is 16.3 Å². The molecular weight excluding hydrogens is 326 g/mol. The number of anilines is 1. The molecule has 0 atom stereocenters. The first kappa shape index (κ1) is 14.7. The molecule has 0 aliphatic carbocycles. The largest absolute Gasteiger partial charge is 0.449 e. The highest BCUT2D eigenvalue weighted by atomic mass is 79.9. The van der Waals surface area contributed by atoms with Gasteiger partial charge in [-0.15, -0.1) is 0 Å². The van der Waals surface area contributed by atoms with Crippen molar-refractivity contribution in [1.29, 1.82) is 0 Å². The van der Waals surface area contributed by atoms with E-state index in [0.717, 1.165) is 10.0 Å². The van der Waals surface area contributed by atoms with Crippen LogP contribution in [0.1, 0.15) is 12.5 Å². The number of hydrogen-bond donors (Lipinski definition) is 2. The Morgan fingerprint density at radius 1 is 1.56 bits per heavy atom. The van der Waals surface area contributed by atoms with Crippen molar-refractivity contribution in [2.24, 2.45) is 0 Å². The SMILES string of the molecule is CCOC(=O)NS(=O)(=O)Nc1cc(C)c(Br)cn1. The lowest BCUT2D eigenvalue weighted by Crippen LogP contribution is -2.35. The topological polar surface area (TPSA) is 97.4 Å². The van der Waals surface area contributed by atoms with Crippen LogP contribution in [0.25, 0.3) is 0 Å². The summed E-state index contributed by atoms with van der Waals surface area (Å²) >= 11 is 3.24. The molecule has 0 radical (unpaired) electrons. The normalized spacial score (nSPS) is 10.8. The number of pyridine rings is 1. The molecule has 0 saturated heterocycles. The van der Waals surface area contributed by atoms with Crippen LogP contribution in [0.4, 0.5) is 10.6 Å². The van der Waals surface area contributed by atoms with Crippen molar-refractivity contribution in [3.05, 3.63) is 22.3 Å². The number of amides is 1. The van der Waals surface area contributed by atoms with Gasteiger partial charge in [0.05, 0.1) is 6.61 Å². The van der Waals surface area contributed by atoms with Gasteiger partial charge in [0.2, 0.25) is 0 Å². The first-order valence-corrected chi connectivity index (χ1v) is 7.21. The minimum Gasteiger partial charge on any atom is -0.449 e. The molecule has 2 N–H and O–H groups in total. The Morgan fingerprint density at radius 2 is 2.22 bits per heavy atom. The number of rotatable bonds is 4. The summed E-state index contributed by atoms with van der Waals surface area (Å²) in [7, 11) is -4.04. The minimum absolute atomic E-state index is 0.0804. The van der Waals surface area contributed by atoms with E-state index in [-0.39, 0.29) is 12.4 Å². The standard InChI is InChI=1S/C9H12BrN3O4S/c1-3-17-9(14)13-18(15,16)12-8-4-6(2)7(10)5-11-8/h4-5H,3H2,1-2H3,(H,11,12)(H,13,14). The molecule has 0 unspecified atom stereocenters. The van der Waals surface area contributed by atoms with Gasteiger partial charge in [0.1, 0.15) is 5.82 Å². The molecule has 1 heterocycles. The van der Waals surface area contributed by atoms with E-state index in [1.807, 2.05) is 0 Å². The average Bonchev–Trinajstić information content (AvgIpc) is 2.22. The number of hydrogen-bond acceptors (Lipinski definition) is 5. The molecule has 1 amide bonds. The highest BCUT2D eigenvalue weighted by Gasteiger charge is 2.15. The van der Waals surface area contributed by atoms with Crippen molar-refractivity contribution in [3.8, 4) is 0 Å². The fourth-order valence-electron chi connectivity index (χ4n) is 1.03. The molecule has 18 heavy (non-hydrogen) atoms. The Bertz CT molecular complexity index is 547. The van der Waals surface area contributed by atoms with Gasteiger partial charge in [0, 0.05) is 10.7 Å². The molecule has 1 aromatic rings. The number of ether oxygens (including phenoxy) is 1. The van der Waals surface area contributed by atoms with E-state index in [2.05, 4.69) is 30.4 Å². The third-order valence-electron chi connectivity index (χ3n) is 1.78. The molecule has 100 valence electrons. The fourth-order valence-corrected chi connectivity index (χ4v) is 1.96. The van der Waals surface area contributed by atoms with Gasteiger partial charge in [0.25, 0.3) is 0 Å². The van der Waals surface area contributed by atoms with E-state index in [1.54, 1.807) is 18.6 Å². The molecule has 0 spiro atoms. The summed E-state index contributed by atoms with van der Waals surface area (Å²) in [4.78, 5) is 14.8. The smallest absolute Gasteiger partial charge is 0.422 e. The van der Waals surface area contributed by atoms with Gasteiger partial charge in [-0.1, -0.05) is 0 Å². The monoisotopic (exact) mass is 337 g/mol. The van der Waals surface area contributed by atoms with Crippen molar-refractivity contribution in [2.45, 2.75) is 13.8 Å². The Balaban J connectivity index is 2.76. The van der Waals surface area contributed by atoms with Crippen LogP contribution < -0.4 is 9.44 Å². The van der Waals surface area contributed by atoms with Crippen molar-refractivity contribution < 1.29 is 17.9 Å². The number of nitrogens with one attached hydrogen (secondary N) is 2. The van der Waals surface area contributed by atoms with Crippen LogP contribution in [0, 0.1) is 6.92 Å². The summed E-state index contributed by atoms with van der Waals surface area (Å²) in [5.74, 6) is 0.104. The number of aromatic nitrogens is 1. The number of carbonyl (C=O) groups excluding carboxylic acids is 1. The lowest BCUT2D eigenvalue weighted by molar-refractivity contribution is 0.159. The van der Waals surface area contributed by atoms with Gasteiger partial charge in [-0.2, -0.15) is 8.42 Å². The van der Waals surface area contributed by atoms with Gasteiger partial charge in [-0.05, 0) is 41.4 Å². The lowest BCUT2D eigenvalue weighted by Gasteiger charge is -2.09. The summed E-state index contributed by atoms with van der Waals surface area (Å²) in [5.41, 5.74) is 0.804. The molecule has 0 aliphatic rings. The van der Waals surface area contributed by atoms with Crippen molar-refractivity contribution in [1.82, 2.24) is 9.71 Å². The van der Waals surface area contributed by atoms with Crippen molar-refractivity contribution in [2.75, 3.05) is 11.3 Å². The summed E-state index contributed by atoms with van der Waals surface area (Å²) in [6.07, 6.45) is 0.413. The van der Waals surface area contributed by atoms with E-state index in [4.69, 9.17) is 0 Å². The van der Waals surface area contributed by atoms with Crippen LogP contribution >= 0.6 is 15.9 Å². The second kappa shape index (κ2) is 6.01. The zero-order chi connectivity index (χ0) is 13.8. The first-order chi connectivity index (χ1) is 8.34. The molecule has 0 bridgehead atoms. The third-order valence-corrected chi connectivity index (χ3v) is 3.52. The van der Waals surface area contributed by atoms with Gasteiger partial charge in [-0.3, -0.25) is 4.72 Å². The van der Waals surface area contributed by atoms with Crippen LogP contribution in [-0.4, -0.2) is 26.1 Å². The molecular formula is C9H12BrN3O4S. The first-order valence-electron chi connectivity index (χ1n) is 4.93. The maximum absolute atomic E-state index is 11.5. The zero-order valence-corrected chi connectivity index (χ0v) is 12.1. The third kappa shape index (κ3) is 4.49. The number of carbonyl (C=O) groups is 1. The zero-order valence-electron chi connectivity index (χ0n) is 9.73. The summed E-state index contributed by atoms with van der Waals surface area (Å²) < 4.78 is 32.0. The molecule has 0 aliphatic heterocycles. The van der Waals surface area contributed by atoms with Gasteiger partial charge in [0.15, 0.2) is 0 Å². The van der Waals surface area contributed by atoms with Crippen LogP contribution in [0.15, 0.2) is 16.7 Å². The van der Waals surface area contributed by atoms with Crippen LogP contribution in [-0.2, 0) is 14.9 Å². The molecule has 7 nitrogen and oxygen atoms in total. The van der Waals surface area contributed by atoms with Gasteiger partial charge >= 0.3 is 16.3 Å². The van der Waals surface area contributed by atoms with Crippen molar-refractivity contribution in [3.63, 3.8) is 0 Å². The molecule has 1 rings (SSSR count). The van der Waals surface area contributed by atoms with E-state index in [0.29, 0.717) is 0 Å². The van der Waals surface area contributed by atoms with E-state index in [1.165, 1.54) is 12.3 Å². The molecule has 0 aromatic carbocycles. The second-order valence-electron chi connectivity index (χ2n) is 3.25.